The van der Waals surface area contributed by atoms with Crippen LogP contribution in [0.4, 0.5) is 0 Å². The summed E-state index contributed by atoms with van der Waals surface area (Å²) in [5.41, 5.74) is 0. The maximum absolute atomic E-state index is 10.4. The molecule has 0 saturated carbocycles. The highest BCUT2D eigenvalue weighted by molar-refractivity contribution is 7.73. The average Bonchev–Trinajstić information content (AvgIpc) is 1.97. The van der Waals surface area contributed by atoms with Crippen molar-refractivity contribution < 1.29 is 13.2 Å². The molecule has 0 fully saturated rings. The molecule has 0 aliphatic carbocycles. The molecule has 1 atom stereocenters. The van der Waals surface area contributed by atoms with Crippen molar-refractivity contribution in [2.45, 2.75) is 24.5 Å². The van der Waals surface area contributed by atoms with E-state index in [9.17, 15) is 13.2 Å². The Morgan fingerprint density at radius 2 is 2.09 bits per heavy atom. The van der Waals surface area contributed by atoms with Gasteiger partial charge in [-0.15, -0.1) is 11.6 Å². The van der Waals surface area contributed by atoms with Crippen molar-refractivity contribution in [2.75, 3.05) is 5.88 Å². The molecule has 11 heavy (non-hydrogen) atoms. The van der Waals surface area contributed by atoms with Crippen LogP contribution in [-0.4, -0.2) is 25.8 Å². The lowest BCUT2D eigenvalue weighted by Crippen LogP contribution is -2.11. The molecule has 0 radical (unpaired) electrons. The first-order valence-electron chi connectivity index (χ1n) is 3.35. The largest absolute Gasteiger partial charge is 0.303 e. The monoisotopic (exact) mass is 198 g/mol. The van der Waals surface area contributed by atoms with Gasteiger partial charge in [0, 0.05) is 12.3 Å². The summed E-state index contributed by atoms with van der Waals surface area (Å²) >= 11 is 5.37. The molecule has 1 unspecified atom stereocenters. The highest BCUT2D eigenvalue weighted by Gasteiger charge is 2.08. The van der Waals surface area contributed by atoms with Gasteiger partial charge in [-0.1, -0.05) is 0 Å². The third-order valence-electron chi connectivity index (χ3n) is 1.34. The van der Waals surface area contributed by atoms with E-state index in [1.54, 1.807) is 0 Å². The number of carbonyl (C=O) groups is 1. The topological polar surface area (TPSA) is 51.2 Å². The normalized spacial score (nSPS) is 13.3. The van der Waals surface area contributed by atoms with Gasteiger partial charge in [-0.3, -0.25) is 0 Å². The molecule has 0 heterocycles. The lowest BCUT2D eigenvalue weighted by molar-refractivity contribution is -0.107. The fraction of sp³-hybridized carbons (Fsp3) is 0.833. The minimum Gasteiger partial charge on any atom is -0.303 e. The van der Waals surface area contributed by atoms with Crippen molar-refractivity contribution in [3.8, 4) is 0 Å². The molecule has 0 N–H and O–H groups in total. The third-order valence-corrected chi connectivity index (χ3v) is 2.96. The first-order chi connectivity index (χ1) is 5.22. The second kappa shape index (κ2) is 6.61. The van der Waals surface area contributed by atoms with Crippen molar-refractivity contribution in [1.82, 2.24) is 0 Å². The van der Waals surface area contributed by atoms with Gasteiger partial charge in [0.1, 0.15) is 17.0 Å². The molecule has 0 rings (SSSR count). The van der Waals surface area contributed by atoms with Gasteiger partial charge in [0.2, 0.25) is 0 Å². The van der Waals surface area contributed by atoms with E-state index in [1.165, 1.54) is 0 Å². The van der Waals surface area contributed by atoms with Gasteiger partial charge in [-0.05, 0) is 12.8 Å². The summed E-state index contributed by atoms with van der Waals surface area (Å²) in [5.74, 6) is 0.123. The molecule has 0 aromatic rings. The first-order valence-corrected chi connectivity index (χ1v) is 5.13. The Balaban J connectivity index is 3.60. The van der Waals surface area contributed by atoms with Crippen molar-refractivity contribution >= 4 is 28.6 Å². The van der Waals surface area contributed by atoms with E-state index in [2.05, 4.69) is 0 Å². The summed E-state index contributed by atoms with van der Waals surface area (Å²) in [6.45, 7) is 0. The number of unbranched alkanes of at least 4 members (excludes halogenated alkanes) is 1. The van der Waals surface area contributed by atoms with E-state index in [1.807, 2.05) is 0 Å². The zero-order valence-electron chi connectivity index (χ0n) is 6.03. The van der Waals surface area contributed by atoms with Gasteiger partial charge in [0.25, 0.3) is 0 Å². The van der Waals surface area contributed by atoms with Crippen LogP contribution in [-0.2, 0) is 15.5 Å². The van der Waals surface area contributed by atoms with Crippen LogP contribution in [0.25, 0.3) is 0 Å². The van der Waals surface area contributed by atoms with E-state index in [0.29, 0.717) is 19.3 Å². The quantitative estimate of drug-likeness (QED) is 0.294. The van der Waals surface area contributed by atoms with Gasteiger partial charge in [0.05, 0.1) is 5.25 Å². The van der Waals surface area contributed by atoms with Crippen LogP contribution in [0.1, 0.15) is 19.3 Å². The van der Waals surface area contributed by atoms with Crippen LogP contribution in [0, 0.1) is 0 Å². The predicted octanol–water partition coefficient (Wildman–Crippen LogP) is 0.574. The number of aldehydes is 1. The fourth-order valence-corrected chi connectivity index (χ4v) is 1.67. The molecule has 0 aliphatic heterocycles. The molecule has 0 aliphatic rings. The van der Waals surface area contributed by atoms with Crippen molar-refractivity contribution in [3.05, 3.63) is 0 Å². The number of rotatable bonds is 6. The maximum atomic E-state index is 10.4. The smallest absolute Gasteiger partial charge is 0.144 e. The van der Waals surface area contributed by atoms with Gasteiger partial charge in [-0.2, -0.15) is 0 Å². The third kappa shape index (κ3) is 5.21. The molecular weight excluding hydrogens is 188 g/mol. The molecule has 0 aromatic carbocycles. The number of thiol groups is 1. The lowest BCUT2D eigenvalue weighted by atomic mass is 10.2. The summed E-state index contributed by atoms with van der Waals surface area (Å²) < 4.78 is 20.8. The Bertz CT molecular complexity index is 171. The number of alkyl halides is 1. The number of carbonyl (C=O) groups excluding carboxylic acids is 1. The minimum atomic E-state index is -2.43. The summed E-state index contributed by atoms with van der Waals surface area (Å²) in [7, 11) is -2.43. The molecule has 5 heteroatoms. The Hall–Kier alpha value is -0.0900. The standard InChI is InChI=1S/C6H11ClO3S/c7-5-6(11(9)10)3-1-2-4-8/h4,6,11H,1-3,5H2. The van der Waals surface area contributed by atoms with Crippen molar-refractivity contribution in [2.24, 2.45) is 0 Å². The highest BCUT2D eigenvalue weighted by Crippen LogP contribution is 2.04. The molecule has 0 bridgehead atoms. The van der Waals surface area contributed by atoms with Gasteiger partial charge < -0.3 is 4.79 Å². The zero-order valence-corrected chi connectivity index (χ0v) is 7.68. The molecular formula is C6H11ClO3S. The van der Waals surface area contributed by atoms with E-state index < -0.39 is 16.0 Å². The Morgan fingerprint density at radius 3 is 2.45 bits per heavy atom. The van der Waals surface area contributed by atoms with Crippen LogP contribution < -0.4 is 0 Å². The molecule has 66 valence electrons. The summed E-state index contributed by atoms with van der Waals surface area (Å²) in [6.07, 6.45) is 2.28. The van der Waals surface area contributed by atoms with E-state index in [4.69, 9.17) is 11.6 Å². The van der Waals surface area contributed by atoms with Gasteiger partial charge in [0.15, 0.2) is 0 Å². The highest BCUT2D eigenvalue weighted by atomic mass is 35.5. The van der Waals surface area contributed by atoms with Gasteiger partial charge in [-0.25, -0.2) is 8.42 Å². The molecule has 0 saturated heterocycles. The lowest BCUT2D eigenvalue weighted by Gasteiger charge is -2.02. The summed E-state index contributed by atoms with van der Waals surface area (Å²) in [5, 5.41) is -0.466. The van der Waals surface area contributed by atoms with E-state index in [-0.39, 0.29) is 5.88 Å². The van der Waals surface area contributed by atoms with Gasteiger partial charge >= 0.3 is 0 Å². The molecule has 0 aromatic heterocycles. The molecule has 3 nitrogen and oxygen atoms in total. The maximum Gasteiger partial charge on any atom is 0.144 e. The van der Waals surface area contributed by atoms with Crippen LogP contribution >= 0.6 is 11.6 Å². The minimum absolute atomic E-state index is 0.123. The van der Waals surface area contributed by atoms with Crippen LogP contribution in [0.15, 0.2) is 0 Å². The summed E-state index contributed by atoms with van der Waals surface area (Å²) in [6, 6.07) is 0. The second-order valence-electron chi connectivity index (χ2n) is 2.19. The SMILES string of the molecule is O=CCCCC(CCl)[SH](=O)=O. The van der Waals surface area contributed by atoms with Crippen molar-refractivity contribution in [3.63, 3.8) is 0 Å². The Labute approximate surface area is 72.7 Å². The van der Waals surface area contributed by atoms with E-state index >= 15 is 0 Å². The summed E-state index contributed by atoms with van der Waals surface area (Å²) in [4.78, 5) is 9.86. The second-order valence-corrected chi connectivity index (χ2v) is 3.80. The zero-order chi connectivity index (χ0) is 8.69. The van der Waals surface area contributed by atoms with Crippen LogP contribution in [0.3, 0.4) is 0 Å². The number of hydrogen-bond donors (Lipinski definition) is 1. The average molecular weight is 199 g/mol. The van der Waals surface area contributed by atoms with Crippen LogP contribution in [0.5, 0.6) is 0 Å². The number of halogens is 1. The molecule has 0 spiro atoms. The van der Waals surface area contributed by atoms with E-state index in [0.717, 1.165) is 6.29 Å². The van der Waals surface area contributed by atoms with Crippen LogP contribution in [0.2, 0.25) is 0 Å². The molecule has 0 amide bonds. The predicted molar refractivity (Wildman–Crippen MR) is 44.7 cm³/mol. The first kappa shape index (κ1) is 10.9. The Kier molecular flexibility index (Phi) is 6.56. The van der Waals surface area contributed by atoms with Crippen molar-refractivity contribution in [1.29, 1.82) is 0 Å². The fourth-order valence-electron chi connectivity index (χ4n) is 0.676. The Morgan fingerprint density at radius 1 is 1.45 bits per heavy atom. The number of hydrogen-bond acceptors (Lipinski definition) is 3.